The van der Waals surface area contributed by atoms with Crippen molar-refractivity contribution >= 4 is 38.6 Å². The second-order valence-corrected chi connectivity index (χ2v) is 8.54. The first kappa shape index (κ1) is 22.5. The first-order valence-corrected chi connectivity index (χ1v) is 10.8. The molecule has 3 aromatic carbocycles. The molecule has 0 amide bonds. The van der Waals surface area contributed by atoms with Crippen LogP contribution in [-0.2, 0) is 6.54 Å². The molecule has 0 atom stereocenters. The van der Waals surface area contributed by atoms with Crippen LogP contribution >= 0.6 is 27.5 Å². The summed E-state index contributed by atoms with van der Waals surface area (Å²) >= 11 is 9.76. The van der Waals surface area contributed by atoms with Gasteiger partial charge in [0.05, 0.1) is 9.50 Å². The van der Waals surface area contributed by atoms with E-state index in [1.165, 1.54) is 12.1 Å². The van der Waals surface area contributed by atoms with Crippen molar-refractivity contribution in [1.29, 1.82) is 0 Å². The van der Waals surface area contributed by atoms with Crippen molar-refractivity contribution in [3.05, 3.63) is 106 Å². The molecule has 32 heavy (non-hydrogen) atoms. The van der Waals surface area contributed by atoms with Crippen LogP contribution < -0.4 is 17.0 Å². The van der Waals surface area contributed by atoms with Crippen LogP contribution in [0.3, 0.4) is 0 Å². The summed E-state index contributed by atoms with van der Waals surface area (Å²) in [6.07, 6.45) is 3.87. The standard InChI is InChI=1S/C25H16BrClFN2O.ClH/c26-20-10-19(14-30(15-20)13-18-6-8-21(28)12-22(18)27)25-29-23-11-17(7-9-24(23)31-25)16-4-2-1-3-5-16;/h1-12,14-15H,13H2;1H/q+1;/p-1. The van der Waals surface area contributed by atoms with Crippen LogP contribution in [0.4, 0.5) is 4.39 Å². The maximum atomic E-state index is 13.4. The van der Waals surface area contributed by atoms with Crippen LogP contribution in [0, 0.1) is 5.82 Å². The Morgan fingerprint density at radius 3 is 2.50 bits per heavy atom. The maximum absolute atomic E-state index is 13.4. The average molecular weight is 530 g/mol. The molecular weight excluding hydrogens is 514 g/mol. The fraction of sp³-hybridized carbons (Fsp3) is 0.0400. The Hall–Kier alpha value is -2.73. The smallest absolute Gasteiger partial charge is 0.233 e. The lowest BCUT2D eigenvalue weighted by Gasteiger charge is -2.03. The van der Waals surface area contributed by atoms with Gasteiger partial charge in [-0.2, -0.15) is 4.57 Å². The highest BCUT2D eigenvalue weighted by atomic mass is 79.9. The lowest BCUT2D eigenvalue weighted by molar-refractivity contribution is -0.688. The Kier molecular flexibility index (Phi) is 6.60. The third-order valence-electron chi connectivity index (χ3n) is 5.00. The van der Waals surface area contributed by atoms with E-state index in [2.05, 4.69) is 28.1 Å². The zero-order chi connectivity index (χ0) is 21.4. The Balaban J connectivity index is 0.00000245. The highest BCUT2D eigenvalue weighted by Crippen LogP contribution is 2.29. The Labute approximate surface area is 204 Å². The summed E-state index contributed by atoms with van der Waals surface area (Å²) < 4.78 is 22.2. The molecule has 0 N–H and O–H groups in total. The number of oxazole rings is 1. The lowest BCUT2D eigenvalue weighted by atomic mass is 10.1. The van der Waals surface area contributed by atoms with Crippen molar-refractivity contribution in [2.45, 2.75) is 6.54 Å². The fourth-order valence-electron chi connectivity index (χ4n) is 3.51. The molecule has 2 heterocycles. The van der Waals surface area contributed by atoms with Gasteiger partial charge in [0.15, 0.2) is 24.5 Å². The molecule has 0 spiro atoms. The maximum Gasteiger partial charge on any atom is 0.233 e. The van der Waals surface area contributed by atoms with E-state index in [0.29, 0.717) is 17.5 Å². The summed E-state index contributed by atoms with van der Waals surface area (Å²) in [7, 11) is 0. The van der Waals surface area contributed by atoms with E-state index >= 15 is 0 Å². The monoisotopic (exact) mass is 528 g/mol. The van der Waals surface area contributed by atoms with E-state index in [1.54, 1.807) is 6.07 Å². The number of pyridine rings is 1. The largest absolute Gasteiger partial charge is 1.00 e. The summed E-state index contributed by atoms with van der Waals surface area (Å²) in [5, 5.41) is 0.393. The molecule has 3 nitrogen and oxygen atoms in total. The second kappa shape index (κ2) is 9.41. The molecule has 0 saturated heterocycles. The summed E-state index contributed by atoms with van der Waals surface area (Å²) in [5.41, 5.74) is 5.38. The van der Waals surface area contributed by atoms with Crippen molar-refractivity contribution in [2.24, 2.45) is 0 Å². The number of benzene rings is 3. The molecule has 2 aromatic heterocycles. The van der Waals surface area contributed by atoms with Crippen LogP contribution in [0.25, 0.3) is 33.7 Å². The van der Waals surface area contributed by atoms with Gasteiger partial charge in [-0.1, -0.05) is 48.0 Å². The molecule has 5 rings (SSSR count). The van der Waals surface area contributed by atoms with Gasteiger partial charge in [-0.3, -0.25) is 0 Å². The van der Waals surface area contributed by atoms with E-state index in [9.17, 15) is 4.39 Å². The Morgan fingerprint density at radius 1 is 0.906 bits per heavy atom. The minimum absolute atomic E-state index is 0. The van der Waals surface area contributed by atoms with Gasteiger partial charge in [0, 0.05) is 5.56 Å². The normalized spacial score (nSPS) is 10.8. The van der Waals surface area contributed by atoms with Crippen LogP contribution in [0.1, 0.15) is 5.56 Å². The highest BCUT2D eigenvalue weighted by Gasteiger charge is 2.16. The minimum atomic E-state index is -0.352. The van der Waals surface area contributed by atoms with Crippen molar-refractivity contribution in [3.63, 3.8) is 0 Å². The number of fused-ring (bicyclic) bond motifs is 1. The van der Waals surface area contributed by atoms with Gasteiger partial charge in [-0.15, -0.1) is 0 Å². The Bertz CT molecular complexity index is 1410. The summed E-state index contributed by atoms with van der Waals surface area (Å²) in [6.45, 7) is 0.490. The van der Waals surface area contributed by atoms with Crippen molar-refractivity contribution < 1.29 is 25.8 Å². The minimum Gasteiger partial charge on any atom is -1.00 e. The molecule has 0 radical (unpaired) electrons. The molecule has 0 aliphatic carbocycles. The van der Waals surface area contributed by atoms with Crippen molar-refractivity contribution in [1.82, 2.24) is 4.98 Å². The first-order chi connectivity index (χ1) is 15.0. The van der Waals surface area contributed by atoms with Crippen LogP contribution in [0.2, 0.25) is 5.02 Å². The lowest BCUT2D eigenvalue weighted by Crippen LogP contribution is -3.00. The molecule has 7 heteroatoms. The highest BCUT2D eigenvalue weighted by molar-refractivity contribution is 9.10. The molecular formula is C25H16BrCl2FN2O. The van der Waals surface area contributed by atoms with Gasteiger partial charge in [-0.25, -0.2) is 9.37 Å². The third kappa shape index (κ3) is 4.70. The first-order valence-electron chi connectivity index (χ1n) is 9.65. The molecule has 0 saturated carbocycles. The molecule has 0 aliphatic heterocycles. The number of hydrogen-bond acceptors (Lipinski definition) is 2. The van der Waals surface area contributed by atoms with Gasteiger partial charge < -0.3 is 16.8 Å². The van der Waals surface area contributed by atoms with E-state index in [1.807, 2.05) is 59.4 Å². The van der Waals surface area contributed by atoms with Crippen molar-refractivity contribution in [3.8, 4) is 22.6 Å². The number of hydrogen-bond donors (Lipinski definition) is 0. The van der Waals surface area contributed by atoms with Gasteiger partial charge in [-0.05, 0) is 63.5 Å². The van der Waals surface area contributed by atoms with Crippen molar-refractivity contribution in [2.75, 3.05) is 0 Å². The third-order valence-corrected chi connectivity index (χ3v) is 5.78. The molecule has 5 aromatic rings. The SMILES string of the molecule is Fc1ccc(C[n+]2cc(Br)cc(-c3nc4cc(-c5ccccc5)ccc4o3)c2)c(Cl)c1.[Cl-]. The van der Waals surface area contributed by atoms with Crippen LogP contribution in [-0.4, -0.2) is 4.98 Å². The second-order valence-electron chi connectivity index (χ2n) is 7.22. The quantitative estimate of drug-likeness (QED) is 0.329. The zero-order valence-electron chi connectivity index (χ0n) is 16.6. The number of rotatable bonds is 4. The molecule has 0 bridgehead atoms. The molecule has 0 fully saturated rings. The van der Waals surface area contributed by atoms with E-state index < -0.39 is 0 Å². The summed E-state index contributed by atoms with van der Waals surface area (Å²) in [5.74, 6) is 0.176. The fourth-order valence-corrected chi connectivity index (χ4v) is 4.25. The topological polar surface area (TPSA) is 29.9 Å². The summed E-state index contributed by atoms with van der Waals surface area (Å²) in [4.78, 5) is 4.71. The molecule has 0 aliphatic rings. The number of aromatic nitrogens is 2. The van der Waals surface area contributed by atoms with E-state index in [0.717, 1.165) is 37.8 Å². The molecule has 160 valence electrons. The van der Waals surface area contributed by atoms with E-state index in [-0.39, 0.29) is 18.2 Å². The number of halogens is 4. The average Bonchev–Trinajstić information content (AvgIpc) is 3.19. The summed E-state index contributed by atoms with van der Waals surface area (Å²) in [6, 6.07) is 22.5. The van der Waals surface area contributed by atoms with Crippen LogP contribution in [0.5, 0.6) is 0 Å². The van der Waals surface area contributed by atoms with E-state index in [4.69, 9.17) is 21.0 Å². The zero-order valence-corrected chi connectivity index (χ0v) is 19.7. The predicted octanol–water partition coefficient (Wildman–Crippen LogP) is 4.06. The molecule has 0 unspecified atom stereocenters. The predicted molar refractivity (Wildman–Crippen MR) is 123 cm³/mol. The van der Waals surface area contributed by atoms with Crippen LogP contribution in [0.15, 0.2) is 94.1 Å². The van der Waals surface area contributed by atoms with Gasteiger partial charge >= 0.3 is 0 Å². The Morgan fingerprint density at radius 2 is 1.72 bits per heavy atom. The number of nitrogens with zero attached hydrogens (tertiary/aromatic N) is 2. The van der Waals surface area contributed by atoms with Gasteiger partial charge in [0.2, 0.25) is 5.89 Å². The van der Waals surface area contributed by atoms with Gasteiger partial charge in [0.1, 0.15) is 16.9 Å². The van der Waals surface area contributed by atoms with Gasteiger partial charge in [0.25, 0.3) is 0 Å².